The van der Waals surface area contributed by atoms with Crippen molar-refractivity contribution in [1.29, 1.82) is 0 Å². The minimum absolute atomic E-state index is 0.0301. The number of anilines is 1. The smallest absolute Gasteiger partial charge is 0.222 e. The number of pyridine rings is 2. The summed E-state index contributed by atoms with van der Waals surface area (Å²) < 4.78 is 20.5. The SMILES string of the molecule is CNC(=O)C1CCN(Cc2ccnc(NC3(c4ccc(CNCC5CCC(=O)N5)c(OC)n4)C=CC=C(c4ccccc4)C3(Cl)Cl)c2F)CC1. The maximum Gasteiger partial charge on any atom is 0.222 e. The Balaban J connectivity index is 1.32. The Morgan fingerprint density at radius 1 is 1.10 bits per heavy atom. The number of rotatable bonds is 12. The van der Waals surface area contributed by atoms with Crippen molar-refractivity contribution < 1.29 is 18.7 Å². The highest BCUT2D eigenvalue weighted by molar-refractivity contribution is 6.55. The molecule has 264 valence electrons. The van der Waals surface area contributed by atoms with E-state index in [9.17, 15) is 9.59 Å². The molecule has 4 heterocycles. The average Bonchev–Trinajstić information content (AvgIpc) is 3.55. The Morgan fingerprint density at radius 2 is 1.88 bits per heavy atom. The van der Waals surface area contributed by atoms with Crippen molar-refractivity contribution in [2.45, 2.75) is 54.7 Å². The lowest BCUT2D eigenvalue weighted by molar-refractivity contribution is -0.126. The number of aromatic nitrogens is 2. The maximum atomic E-state index is 16.5. The number of hydrogen-bond acceptors (Lipinski definition) is 8. The van der Waals surface area contributed by atoms with Crippen LogP contribution in [0.4, 0.5) is 10.2 Å². The van der Waals surface area contributed by atoms with E-state index < -0.39 is 15.7 Å². The van der Waals surface area contributed by atoms with Crippen molar-refractivity contribution in [3.63, 3.8) is 0 Å². The van der Waals surface area contributed by atoms with Crippen LogP contribution in [-0.2, 0) is 28.2 Å². The van der Waals surface area contributed by atoms with E-state index in [4.69, 9.17) is 32.9 Å². The number of likely N-dealkylation sites (tertiary alicyclic amines) is 1. The molecule has 2 fully saturated rings. The second-order valence-corrected chi connectivity index (χ2v) is 14.2. The molecule has 4 N–H and O–H groups in total. The number of nitrogens with one attached hydrogen (secondary N) is 4. The summed E-state index contributed by atoms with van der Waals surface area (Å²) in [6, 6.07) is 15.0. The van der Waals surface area contributed by atoms with Gasteiger partial charge in [-0.1, -0.05) is 71.8 Å². The first-order chi connectivity index (χ1) is 24.1. The Morgan fingerprint density at radius 3 is 2.58 bits per heavy atom. The molecule has 6 rings (SSSR count). The van der Waals surface area contributed by atoms with Gasteiger partial charge < -0.3 is 26.0 Å². The summed E-state index contributed by atoms with van der Waals surface area (Å²) in [7, 11) is 3.19. The van der Waals surface area contributed by atoms with E-state index >= 15 is 4.39 Å². The first-order valence-corrected chi connectivity index (χ1v) is 17.6. The molecule has 2 unspecified atom stereocenters. The number of alkyl halides is 2. The average molecular weight is 723 g/mol. The molecule has 1 aliphatic carbocycles. The lowest BCUT2D eigenvalue weighted by Gasteiger charge is -2.44. The highest BCUT2D eigenvalue weighted by Crippen LogP contribution is 2.54. The number of methoxy groups -OCH3 is 1. The van der Waals surface area contributed by atoms with Crippen molar-refractivity contribution in [1.82, 2.24) is 30.8 Å². The Bertz CT molecular complexity index is 1760. The first-order valence-electron chi connectivity index (χ1n) is 16.9. The van der Waals surface area contributed by atoms with Gasteiger partial charge in [0.05, 0.1) is 12.8 Å². The van der Waals surface area contributed by atoms with Crippen LogP contribution in [0.5, 0.6) is 5.88 Å². The molecule has 50 heavy (non-hydrogen) atoms. The molecule has 2 amide bonds. The highest BCUT2D eigenvalue weighted by Gasteiger charge is 2.55. The number of halogens is 3. The minimum atomic E-state index is -1.70. The maximum absolute atomic E-state index is 16.5. The van der Waals surface area contributed by atoms with Gasteiger partial charge in [-0.05, 0) is 61.7 Å². The molecule has 13 heteroatoms. The molecule has 2 saturated heterocycles. The molecule has 0 spiro atoms. The fraction of sp³-hybridized carbons (Fsp3) is 0.405. The van der Waals surface area contributed by atoms with Gasteiger partial charge in [0.1, 0.15) is 5.54 Å². The Labute approximate surface area is 301 Å². The predicted octanol–water partition coefficient (Wildman–Crippen LogP) is 5.09. The summed E-state index contributed by atoms with van der Waals surface area (Å²) in [6.45, 7) is 2.75. The summed E-state index contributed by atoms with van der Waals surface area (Å²) in [6.07, 6.45) is 9.74. The van der Waals surface area contributed by atoms with Crippen LogP contribution in [0, 0.1) is 11.7 Å². The van der Waals surface area contributed by atoms with Crippen LogP contribution >= 0.6 is 23.2 Å². The van der Waals surface area contributed by atoms with Crippen molar-refractivity contribution in [2.24, 2.45) is 5.92 Å². The van der Waals surface area contributed by atoms with Crippen LogP contribution in [0.2, 0.25) is 0 Å². The van der Waals surface area contributed by atoms with Gasteiger partial charge in [0.2, 0.25) is 17.7 Å². The summed E-state index contributed by atoms with van der Waals surface area (Å²) in [5.74, 6) is -0.143. The number of hydrogen-bond donors (Lipinski definition) is 4. The predicted molar refractivity (Wildman–Crippen MR) is 193 cm³/mol. The van der Waals surface area contributed by atoms with E-state index in [0.717, 1.165) is 17.5 Å². The van der Waals surface area contributed by atoms with Crippen molar-refractivity contribution in [3.8, 4) is 5.88 Å². The quantitative estimate of drug-likeness (QED) is 0.191. The van der Waals surface area contributed by atoms with Crippen LogP contribution in [0.3, 0.4) is 0 Å². The summed E-state index contributed by atoms with van der Waals surface area (Å²) in [4.78, 5) is 35.2. The zero-order valence-electron chi connectivity index (χ0n) is 28.1. The van der Waals surface area contributed by atoms with E-state index in [-0.39, 0.29) is 29.6 Å². The number of ether oxygens (including phenoxy) is 1. The van der Waals surface area contributed by atoms with E-state index in [1.165, 1.54) is 7.11 Å². The molecule has 2 aliphatic heterocycles. The van der Waals surface area contributed by atoms with E-state index in [0.29, 0.717) is 74.7 Å². The molecule has 10 nitrogen and oxygen atoms in total. The second-order valence-electron chi connectivity index (χ2n) is 12.9. The standard InChI is InChI=1S/C37H42Cl2FN7O3/c1-41-34(49)25-15-19-47(20-16-25)23-27-14-18-43-33(32(27)40)46-36(17-6-9-29(37(36,38)39)24-7-4-3-5-8-24)30-12-10-26(35(45-30)50-2)21-42-22-28-11-13-31(48)44-28/h3-10,12,14,17-18,25,28,42H,11,13,15-16,19-23H2,1-2H3,(H,41,49)(H,43,46)(H,44,48). The number of nitrogens with zero attached hydrogens (tertiary/aromatic N) is 3. The number of carbonyl (C=O) groups excluding carboxylic acids is 2. The van der Waals surface area contributed by atoms with Gasteiger partial charge in [0.15, 0.2) is 16.0 Å². The second kappa shape index (κ2) is 15.5. The molecule has 3 aliphatic rings. The lowest BCUT2D eigenvalue weighted by Crippen LogP contribution is -2.51. The van der Waals surface area contributed by atoms with Crippen LogP contribution in [0.15, 0.2) is 73.0 Å². The third kappa shape index (κ3) is 7.37. The van der Waals surface area contributed by atoms with E-state index in [1.807, 2.05) is 48.6 Å². The number of allylic oxidation sites excluding steroid dienone is 2. The van der Waals surface area contributed by atoms with E-state index in [1.54, 1.807) is 31.5 Å². The Kier molecular flexibility index (Phi) is 11.1. The van der Waals surface area contributed by atoms with Crippen LogP contribution in [-0.4, -0.2) is 70.8 Å². The molecular weight excluding hydrogens is 680 g/mol. The topological polar surface area (TPSA) is 121 Å². The van der Waals surface area contributed by atoms with Gasteiger partial charge in [-0.15, -0.1) is 0 Å². The van der Waals surface area contributed by atoms with Gasteiger partial charge in [-0.25, -0.2) is 14.4 Å². The molecule has 0 saturated carbocycles. The molecule has 2 aromatic heterocycles. The van der Waals surface area contributed by atoms with Crippen LogP contribution in [0.25, 0.3) is 5.57 Å². The molecule has 0 bridgehead atoms. The molecule has 3 aromatic rings. The molecule has 1 aromatic carbocycles. The van der Waals surface area contributed by atoms with Gasteiger partial charge in [0, 0.05) is 62.4 Å². The van der Waals surface area contributed by atoms with Gasteiger partial charge in [0.25, 0.3) is 0 Å². The monoisotopic (exact) mass is 721 g/mol. The molecule has 0 radical (unpaired) electrons. The summed E-state index contributed by atoms with van der Waals surface area (Å²) >= 11 is 14.9. The van der Waals surface area contributed by atoms with Gasteiger partial charge in [-0.2, -0.15) is 0 Å². The number of piperidine rings is 1. The van der Waals surface area contributed by atoms with Crippen molar-refractivity contribution in [3.05, 3.63) is 101 Å². The van der Waals surface area contributed by atoms with Crippen molar-refractivity contribution in [2.75, 3.05) is 39.1 Å². The van der Waals surface area contributed by atoms with Gasteiger partial charge in [-0.3, -0.25) is 14.5 Å². The van der Waals surface area contributed by atoms with Gasteiger partial charge >= 0.3 is 0 Å². The van der Waals surface area contributed by atoms with Crippen molar-refractivity contribution >= 4 is 46.4 Å². The third-order valence-corrected chi connectivity index (χ3v) is 10.7. The fourth-order valence-corrected chi connectivity index (χ4v) is 7.68. The Hall–Kier alpha value is -4.03. The van der Waals surface area contributed by atoms with Crippen LogP contribution in [0.1, 0.15) is 48.1 Å². The summed E-state index contributed by atoms with van der Waals surface area (Å²) in [5, 5.41) is 12.4. The summed E-state index contributed by atoms with van der Waals surface area (Å²) in [5.41, 5.74) is 1.53. The molecular formula is C37H42Cl2FN7O3. The minimum Gasteiger partial charge on any atom is -0.481 e. The largest absolute Gasteiger partial charge is 0.481 e. The molecule has 2 atom stereocenters. The normalized spacial score (nSPS) is 22.1. The number of carbonyl (C=O) groups is 2. The fourth-order valence-electron chi connectivity index (χ4n) is 6.93. The number of benzene rings is 1. The van der Waals surface area contributed by atoms with Crippen LogP contribution < -0.4 is 26.0 Å². The highest BCUT2D eigenvalue weighted by atomic mass is 35.5. The first kappa shape index (κ1) is 35.8. The lowest BCUT2D eigenvalue weighted by atomic mass is 9.79. The zero-order valence-corrected chi connectivity index (χ0v) is 29.7. The third-order valence-electron chi connectivity index (χ3n) is 9.74. The van der Waals surface area contributed by atoms with E-state index in [2.05, 4.69) is 31.2 Å². The number of amides is 2. The zero-order chi connectivity index (χ0) is 35.3.